The Kier molecular flexibility index (Phi) is 8.71. The molecule has 1 aromatic carbocycles. The Morgan fingerprint density at radius 2 is 1.89 bits per heavy atom. The zero-order valence-electron chi connectivity index (χ0n) is 21.1. The summed E-state index contributed by atoms with van der Waals surface area (Å²) in [5, 5.41) is 5.82. The first kappa shape index (κ1) is 26.5. The average Bonchev–Trinajstić information content (AvgIpc) is 2.79. The first-order valence-corrected chi connectivity index (χ1v) is 12.2. The second-order valence-electron chi connectivity index (χ2n) is 9.14. The average molecular weight is 490 g/mol. The van der Waals surface area contributed by atoms with E-state index in [1.54, 1.807) is 24.0 Å². The van der Waals surface area contributed by atoms with Crippen LogP contribution in [0.1, 0.15) is 46.2 Å². The van der Waals surface area contributed by atoms with E-state index in [0.717, 1.165) is 0 Å². The Morgan fingerprint density at radius 1 is 1.20 bits per heavy atom. The number of urea groups is 2. The Labute approximate surface area is 206 Å². The molecule has 2 atom stereocenters. The fourth-order valence-electron chi connectivity index (χ4n) is 4.58. The molecule has 192 valence electrons. The number of amides is 4. The first-order valence-electron chi connectivity index (χ1n) is 12.2. The standard InChI is InChI=1S/C25H36FN5O4/c1-6-30-20(15-29-12-13-31(17(5)14-29)24(33)27-16(3)4)21(23(32)35-7-2)22(28-25(30)34)18-8-10-19(26)11-9-18/h8-11,16-17,22H,6-7,12-15H2,1-5H3,(H,27,33)(H,28,34)/t17-,22-/m0/s1. The minimum absolute atomic E-state index is 0.0467. The van der Waals surface area contributed by atoms with Crippen LogP contribution >= 0.6 is 0 Å². The van der Waals surface area contributed by atoms with Gasteiger partial charge in [0.25, 0.3) is 0 Å². The Morgan fingerprint density at radius 3 is 2.46 bits per heavy atom. The molecule has 2 heterocycles. The van der Waals surface area contributed by atoms with Gasteiger partial charge in [-0.25, -0.2) is 18.8 Å². The molecule has 0 radical (unpaired) electrons. The van der Waals surface area contributed by atoms with Gasteiger partial charge in [0, 0.05) is 50.5 Å². The number of carbonyl (C=O) groups excluding carboxylic acids is 3. The summed E-state index contributed by atoms with van der Waals surface area (Å²) in [6, 6.07) is 4.56. The van der Waals surface area contributed by atoms with Crippen LogP contribution in [-0.2, 0) is 9.53 Å². The Balaban J connectivity index is 1.93. The number of ether oxygens (including phenoxy) is 1. The number of hydrogen-bond acceptors (Lipinski definition) is 5. The van der Waals surface area contributed by atoms with Crippen molar-refractivity contribution in [3.05, 3.63) is 46.9 Å². The smallest absolute Gasteiger partial charge is 0.338 e. The van der Waals surface area contributed by atoms with Gasteiger partial charge in [-0.05, 0) is 52.3 Å². The second-order valence-corrected chi connectivity index (χ2v) is 9.14. The summed E-state index contributed by atoms with van der Waals surface area (Å²) in [4.78, 5) is 44.2. The van der Waals surface area contributed by atoms with E-state index < -0.39 is 17.8 Å². The lowest BCUT2D eigenvalue weighted by Crippen LogP contribution is -2.58. The van der Waals surface area contributed by atoms with Crippen molar-refractivity contribution in [2.24, 2.45) is 0 Å². The highest BCUT2D eigenvalue weighted by Gasteiger charge is 2.39. The molecule has 1 aromatic rings. The van der Waals surface area contributed by atoms with Gasteiger partial charge < -0.3 is 20.3 Å². The van der Waals surface area contributed by atoms with E-state index in [-0.39, 0.29) is 30.8 Å². The van der Waals surface area contributed by atoms with E-state index in [1.807, 2.05) is 32.6 Å². The maximum Gasteiger partial charge on any atom is 0.338 e. The Hall–Kier alpha value is -3.14. The number of hydrogen-bond donors (Lipinski definition) is 2. The van der Waals surface area contributed by atoms with E-state index >= 15 is 0 Å². The topological polar surface area (TPSA) is 94.2 Å². The lowest BCUT2D eigenvalue weighted by atomic mass is 9.94. The molecule has 4 amide bonds. The van der Waals surface area contributed by atoms with Crippen molar-refractivity contribution in [2.45, 2.75) is 52.7 Å². The van der Waals surface area contributed by atoms with E-state index in [9.17, 15) is 18.8 Å². The van der Waals surface area contributed by atoms with Gasteiger partial charge in [0.1, 0.15) is 5.82 Å². The normalized spacial score (nSPS) is 21.3. The van der Waals surface area contributed by atoms with Gasteiger partial charge in [0.05, 0.1) is 18.2 Å². The van der Waals surface area contributed by atoms with Gasteiger partial charge in [-0.1, -0.05) is 12.1 Å². The molecule has 1 fully saturated rings. The minimum atomic E-state index is -0.754. The summed E-state index contributed by atoms with van der Waals surface area (Å²) in [6.45, 7) is 12.0. The highest BCUT2D eigenvalue weighted by atomic mass is 19.1. The molecule has 9 nitrogen and oxygen atoms in total. The van der Waals surface area contributed by atoms with Crippen LogP contribution in [0.2, 0.25) is 0 Å². The molecule has 2 N–H and O–H groups in total. The molecule has 0 bridgehead atoms. The van der Waals surface area contributed by atoms with E-state index in [4.69, 9.17) is 4.74 Å². The molecule has 35 heavy (non-hydrogen) atoms. The molecular formula is C25H36FN5O4. The number of carbonyl (C=O) groups is 3. The van der Waals surface area contributed by atoms with Crippen molar-refractivity contribution in [1.29, 1.82) is 0 Å². The summed E-state index contributed by atoms with van der Waals surface area (Å²) < 4.78 is 18.9. The molecule has 10 heteroatoms. The third-order valence-corrected chi connectivity index (χ3v) is 6.21. The first-order chi connectivity index (χ1) is 16.7. The summed E-state index contributed by atoms with van der Waals surface area (Å²) in [5.41, 5.74) is 1.50. The van der Waals surface area contributed by atoms with E-state index in [2.05, 4.69) is 15.5 Å². The van der Waals surface area contributed by atoms with Gasteiger partial charge in [0.2, 0.25) is 0 Å². The molecule has 0 saturated carbocycles. The minimum Gasteiger partial charge on any atom is -0.463 e. The monoisotopic (exact) mass is 489 g/mol. The van der Waals surface area contributed by atoms with Gasteiger partial charge in [-0.3, -0.25) is 9.80 Å². The van der Waals surface area contributed by atoms with Gasteiger partial charge in [-0.15, -0.1) is 0 Å². The molecule has 0 unspecified atom stereocenters. The fraction of sp³-hybridized carbons (Fsp3) is 0.560. The Bertz CT molecular complexity index is 965. The quantitative estimate of drug-likeness (QED) is 0.575. The number of nitrogens with one attached hydrogen (secondary N) is 2. The molecule has 1 saturated heterocycles. The number of halogens is 1. The fourth-order valence-corrected chi connectivity index (χ4v) is 4.58. The van der Waals surface area contributed by atoms with Crippen molar-refractivity contribution in [3.8, 4) is 0 Å². The van der Waals surface area contributed by atoms with Crippen LogP contribution in [0, 0.1) is 5.82 Å². The largest absolute Gasteiger partial charge is 0.463 e. The molecule has 0 aromatic heterocycles. The highest BCUT2D eigenvalue weighted by molar-refractivity contribution is 5.95. The number of benzene rings is 1. The van der Waals surface area contributed by atoms with Crippen LogP contribution in [0.25, 0.3) is 0 Å². The highest BCUT2D eigenvalue weighted by Crippen LogP contribution is 2.32. The van der Waals surface area contributed by atoms with Crippen molar-refractivity contribution < 1.29 is 23.5 Å². The molecule has 3 rings (SSSR count). The summed E-state index contributed by atoms with van der Waals surface area (Å²) in [6.07, 6.45) is 0. The number of piperazine rings is 1. The molecule has 0 spiro atoms. The van der Waals surface area contributed by atoms with Crippen LogP contribution in [0.15, 0.2) is 35.5 Å². The summed E-state index contributed by atoms with van der Waals surface area (Å²) >= 11 is 0. The lowest BCUT2D eigenvalue weighted by Gasteiger charge is -2.43. The van der Waals surface area contributed by atoms with Crippen molar-refractivity contribution >= 4 is 18.0 Å². The van der Waals surface area contributed by atoms with Gasteiger partial charge in [-0.2, -0.15) is 0 Å². The van der Waals surface area contributed by atoms with Gasteiger partial charge >= 0.3 is 18.0 Å². The van der Waals surface area contributed by atoms with Crippen molar-refractivity contribution in [3.63, 3.8) is 0 Å². The SMILES string of the molecule is CCOC(=O)C1=C(CN2CCN(C(=O)NC(C)C)[C@@H](C)C2)N(CC)C(=O)N[C@H]1c1ccc(F)cc1. The summed E-state index contributed by atoms with van der Waals surface area (Å²) in [5.74, 6) is -0.917. The van der Waals surface area contributed by atoms with Crippen molar-refractivity contribution in [2.75, 3.05) is 39.3 Å². The molecule has 2 aliphatic rings. The maximum atomic E-state index is 13.6. The van der Waals surface area contributed by atoms with Crippen molar-refractivity contribution in [1.82, 2.24) is 25.3 Å². The lowest BCUT2D eigenvalue weighted by molar-refractivity contribution is -0.139. The zero-order chi connectivity index (χ0) is 25.7. The predicted octanol–water partition coefficient (Wildman–Crippen LogP) is 2.85. The van der Waals surface area contributed by atoms with Crippen LogP contribution < -0.4 is 10.6 Å². The number of likely N-dealkylation sites (N-methyl/N-ethyl adjacent to an activating group) is 1. The predicted molar refractivity (Wildman–Crippen MR) is 130 cm³/mol. The van der Waals surface area contributed by atoms with E-state index in [0.29, 0.717) is 49.6 Å². The third kappa shape index (κ3) is 6.11. The second kappa shape index (κ2) is 11.5. The van der Waals surface area contributed by atoms with Crippen LogP contribution in [0.5, 0.6) is 0 Å². The number of rotatable bonds is 7. The van der Waals surface area contributed by atoms with Gasteiger partial charge in [0.15, 0.2) is 0 Å². The maximum absolute atomic E-state index is 13.6. The third-order valence-electron chi connectivity index (χ3n) is 6.21. The number of nitrogens with zero attached hydrogens (tertiary/aromatic N) is 3. The summed E-state index contributed by atoms with van der Waals surface area (Å²) in [7, 11) is 0. The van der Waals surface area contributed by atoms with Crippen LogP contribution in [-0.4, -0.2) is 84.1 Å². The molecular weight excluding hydrogens is 453 g/mol. The zero-order valence-corrected chi connectivity index (χ0v) is 21.1. The van der Waals surface area contributed by atoms with Crippen LogP contribution in [0.4, 0.5) is 14.0 Å². The molecule has 2 aliphatic heterocycles. The number of esters is 1. The van der Waals surface area contributed by atoms with E-state index in [1.165, 1.54) is 12.1 Å². The van der Waals surface area contributed by atoms with Crippen LogP contribution in [0.3, 0.4) is 0 Å². The molecule has 0 aliphatic carbocycles.